The highest BCUT2D eigenvalue weighted by atomic mass is 79.9. The first-order valence-corrected chi connectivity index (χ1v) is 11.0. The summed E-state index contributed by atoms with van der Waals surface area (Å²) in [6.45, 7) is 7.53. The van der Waals surface area contributed by atoms with Crippen molar-refractivity contribution < 1.29 is 9.53 Å². The Balaban J connectivity index is 2.15. The fourth-order valence-corrected chi connectivity index (χ4v) is 4.35. The summed E-state index contributed by atoms with van der Waals surface area (Å²) >= 11 is 4.98. The summed E-state index contributed by atoms with van der Waals surface area (Å²) in [5.41, 5.74) is 1.66. The Labute approximate surface area is 176 Å². The van der Waals surface area contributed by atoms with E-state index in [0.29, 0.717) is 10.2 Å². The van der Waals surface area contributed by atoms with Crippen LogP contribution < -0.4 is 5.56 Å². The Morgan fingerprint density at radius 2 is 1.93 bits per heavy atom. The second-order valence-corrected chi connectivity index (χ2v) is 8.73. The smallest absolute Gasteiger partial charge is 0.329 e. The van der Waals surface area contributed by atoms with Gasteiger partial charge in [-0.25, -0.2) is 9.78 Å². The van der Waals surface area contributed by atoms with Crippen LogP contribution in [0.15, 0.2) is 39.9 Å². The molecule has 2 atom stereocenters. The molecule has 0 aliphatic rings. The molecule has 2 aromatic heterocycles. The van der Waals surface area contributed by atoms with Crippen molar-refractivity contribution in [3.05, 3.63) is 50.3 Å². The number of esters is 1. The molecule has 0 radical (unpaired) electrons. The normalized spacial score (nSPS) is 13.5. The summed E-state index contributed by atoms with van der Waals surface area (Å²) in [7, 11) is 0. The van der Waals surface area contributed by atoms with Crippen molar-refractivity contribution in [3.8, 4) is 11.1 Å². The molecule has 0 bridgehead atoms. The Bertz CT molecular complexity index is 1060. The van der Waals surface area contributed by atoms with Crippen LogP contribution in [0.1, 0.15) is 45.0 Å². The van der Waals surface area contributed by atoms with Gasteiger partial charge in [0, 0.05) is 14.9 Å². The van der Waals surface area contributed by atoms with Gasteiger partial charge in [-0.05, 0) is 44.4 Å². The van der Waals surface area contributed by atoms with Gasteiger partial charge in [-0.1, -0.05) is 41.9 Å². The van der Waals surface area contributed by atoms with Crippen molar-refractivity contribution in [2.75, 3.05) is 0 Å². The van der Waals surface area contributed by atoms with Gasteiger partial charge in [-0.2, -0.15) is 0 Å². The molecule has 0 N–H and O–H groups in total. The fourth-order valence-electron chi connectivity index (χ4n) is 2.99. The van der Waals surface area contributed by atoms with E-state index in [-0.39, 0.29) is 11.7 Å². The molecular weight excluding hydrogens is 440 g/mol. The van der Waals surface area contributed by atoms with Crippen LogP contribution >= 0.6 is 27.3 Å². The molecule has 0 saturated carbocycles. The Kier molecular flexibility index (Phi) is 6.35. The number of thiophene rings is 1. The third-order valence-corrected chi connectivity index (χ3v) is 6.59. The van der Waals surface area contributed by atoms with Gasteiger partial charge in [-0.3, -0.25) is 9.36 Å². The number of fused-ring (bicyclic) bond motifs is 1. The number of nitrogens with zero attached hydrogens (tertiary/aromatic N) is 2. The Hall–Kier alpha value is -1.99. The van der Waals surface area contributed by atoms with E-state index < -0.39 is 12.0 Å². The van der Waals surface area contributed by atoms with E-state index in [9.17, 15) is 9.59 Å². The Morgan fingerprint density at radius 3 is 2.54 bits per heavy atom. The van der Waals surface area contributed by atoms with Crippen molar-refractivity contribution in [1.82, 2.24) is 9.55 Å². The standard InChI is InChI=1S/C21H23BrN2O3S/c1-5-12(3)27-21(26)13(4)24-11-23-19-18(20(24)25)17(16(6-2)28-19)14-7-9-15(22)10-8-14/h7-13H,5-6H2,1-4H3. The van der Waals surface area contributed by atoms with E-state index in [1.165, 1.54) is 22.2 Å². The highest BCUT2D eigenvalue weighted by molar-refractivity contribution is 9.10. The van der Waals surface area contributed by atoms with E-state index in [1.54, 1.807) is 6.92 Å². The summed E-state index contributed by atoms with van der Waals surface area (Å²) in [6, 6.07) is 7.16. The van der Waals surface area contributed by atoms with Crippen LogP contribution in [0, 0.1) is 0 Å². The average molecular weight is 463 g/mol. The first kappa shape index (κ1) is 20.7. The molecule has 2 heterocycles. The van der Waals surface area contributed by atoms with Crippen LogP contribution in [0.5, 0.6) is 0 Å². The topological polar surface area (TPSA) is 61.2 Å². The maximum atomic E-state index is 13.3. The molecule has 5 nitrogen and oxygen atoms in total. The molecule has 148 valence electrons. The largest absolute Gasteiger partial charge is 0.461 e. The lowest BCUT2D eigenvalue weighted by molar-refractivity contribution is -0.152. The van der Waals surface area contributed by atoms with Crippen LogP contribution in [0.25, 0.3) is 21.3 Å². The van der Waals surface area contributed by atoms with Crippen LogP contribution in [0.2, 0.25) is 0 Å². The zero-order valence-corrected chi connectivity index (χ0v) is 18.8. The number of carbonyl (C=O) groups excluding carboxylic acids is 1. The summed E-state index contributed by atoms with van der Waals surface area (Å²) in [4.78, 5) is 32.1. The lowest BCUT2D eigenvalue weighted by Crippen LogP contribution is -2.31. The van der Waals surface area contributed by atoms with Gasteiger partial charge in [0.15, 0.2) is 0 Å². The predicted molar refractivity (Wildman–Crippen MR) is 117 cm³/mol. The summed E-state index contributed by atoms with van der Waals surface area (Å²) in [5, 5.41) is 0.565. The van der Waals surface area contributed by atoms with Crippen LogP contribution in [0.4, 0.5) is 0 Å². The molecule has 2 unspecified atom stereocenters. The van der Waals surface area contributed by atoms with E-state index in [1.807, 2.05) is 38.1 Å². The van der Waals surface area contributed by atoms with Gasteiger partial charge in [-0.15, -0.1) is 11.3 Å². The molecule has 0 aliphatic heterocycles. The predicted octanol–water partition coefficient (Wildman–Crippen LogP) is 5.35. The molecule has 0 aliphatic carbocycles. The second kappa shape index (κ2) is 8.57. The van der Waals surface area contributed by atoms with E-state index in [4.69, 9.17) is 4.74 Å². The number of halogens is 1. The first-order chi connectivity index (χ1) is 13.4. The number of hydrogen-bond donors (Lipinski definition) is 0. The van der Waals surface area contributed by atoms with Gasteiger partial charge in [0.1, 0.15) is 10.9 Å². The maximum absolute atomic E-state index is 13.3. The third-order valence-electron chi connectivity index (χ3n) is 4.81. The van der Waals surface area contributed by atoms with Gasteiger partial charge in [0.25, 0.3) is 5.56 Å². The summed E-state index contributed by atoms with van der Waals surface area (Å²) < 4.78 is 7.76. The molecular formula is C21H23BrN2O3S. The molecule has 0 saturated heterocycles. The lowest BCUT2D eigenvalue weighted by Gasteiger charge is -2.17. The van der Waals surface area contributed by atoms with Gasteiger partial charge >= 0.3 is 5.97 Å². The highest BCUT2D eigenvalue weighted by Crippen LogP contribution is 2.37. The van der Waals surface area contributed by atoms with Crippen molar-refractivity contribution in [2.24, 2.45) is 0 Å². The number of ether oxygens (including phenoxy) is 1. The fraction of sp³-hybridized carbons (Fsp3) is 0.381. The van der Waals surface area contributed by atoms with Crippen molar-refractivity contribution >= 4 is 43.5 Å². The zero-order valence-electron chi connectivity index (χ0n) is 16.4. The quantitative estimate of drug-likeness (QED) is 0.463. The number of benzene rings is 1. The molecule has 0 fully saturated rings. The molecule has 1 aromatic carbocycles. The molecule has 0 amide bonds. The average Bonchev–Trinajstić information content (AvgIpc) is 3.07. The van der Waals surface area contributed by atoms with Crippen molar-refractivity contribution in [3.63, 3.8) is 0 Å². The molecule has 3 aromatic rings. The SMILES string of the molecule is CCc1sc2ncn(C(C)C(=O)OC(C)CC)c(=O)c2c1-c1ccc(Br)cc1. The minimum atomic E-state index is -0.735. The van der Waals surface area contributed by atoms with Gasteiger partial charge < -0.3 is 4.74 Å². The minimum Gasteiger partial charge on any atom is -0.461 e. The van der Waals surface area contributed by atoms with Crippen LogP contribution in [-0.4, -0.2) is 21.6 Å². The number of aromatic nitrogens is 2. The van der Waals surface area contributed by atoms with Crippen molar-refractivity contribution in [2.45, 2.75) is 52.7 Å². The minimum absolute atomic E-state index is 0.187. The van der Waals surface area contributed by atoms with Crippen LogP contribution in [-0.2, 0) is 16.0 Å². The monoisotopic (exact) mass is 462 g/mol. The van der Waals surface area contributed by atoms with Gasteiger partial charge in [0.2, 0.25) is 0 Å². The number of rotatable bonds is 6. The van der Waals surface area contributed by atoms with Crippen molar-refractivity contribution in [1.29, 1.82) is 0 Å². The molecule has 7 heteroatoms. The Morgan fingerprint density at radius 1 is 1.25 bits per heavy atom. The van der Waals surface area contributed by atoms with E-state index in [2.05, 4.69) is 27.8 Å². The van der Waals surface area contributed by atoms with E-state index >= 15 is 0 Å². The molecule has 0 spiro atoms. The lowest BCUT2D eigenvalue weighted by atomic mass is 10.0. The highest BCUT2D eigenvalue weighted by Gasteiger charge is 2.24. The maximum Gasteiger partial charge on any atom is 0.329 e. The second-order valence-electron chi connectivity index (χ2n) is 6.73. The molecule has 3 rings (SSSR count). The first-order valence-electron chi connectivity index (χ1n) is 9.36. The molecule has 28 heavy (non-hydrogen) atoms. The summed E-state index contributed by atoms with van der Waals surface area (Å²) in [5.74, 6) is -0.422. The zero-order chi connectivity index (χ0) is 20.4. The number of carbonyl (C=O) groups is 1. The number of hydrogen-bond acceptors (Lipinski definition) is 5. The third kappa shape index (κ3) is 3.91. The van der Waals surface area contributed by atoms with Gasteiger partial charge in [0.05, 0.1) is 17.8 Å². The number of aryl methyl sites for hydroxylation is 1. The van der Waals surface area contributed by atoms with Crippen LogP contribution in [0.3, 0.4) is 0 Å². The summed E-state index contributed by atoms with van der Waals surface area (Å²) in [6.07, 6.45) is 2.79. The van der Waals surface area contributed by atoms with E-state index in [0.717, 1.165) is 33.3 Å².